The van der Waals surface area contributed by atoms with Crippen LogP contribution in [0.4, 0.5) is 13.2 Å². The number of nitrogens with zero attached hydrogens (tertiary/aromatic N) is 2. The highest BCUT2D eigenvalue weighted by Crippen LogP contribution is 2.34. The molecule has 0 aliphatic heterocycles. The Morgan fingerprint density at radius 1 is 1.33 bits per heavy atom. The normalized spacial score (nSPS) is 12.3. The summed E-state index contributed by atoms with van der Waals surface area (Å²) in [5.74, 6) is 0. The number of hydrogen-bond acceptors (Lipinski definition) is 1. The minimum atomic E-state index is -4.35. The van der Waals surface area contributed by atoms with E-state index >= 15 is 0 Å². The summed E-state index contributed by atoms with van der Waals surface area (Å²) in [7, 11) is 0. The molecular weight excluding hydrogens is 229 g/mol. The number of benzene rings is 1. The van der Waals surface area contributed by atoms with Crippen molar-refractivity contribution < 1.29 is 13.2 Å². The lowest BCUT2D eigenvalue weighted by Crippen LogP contribution is -2.07. The second kappa shape index (κ2) is 3.13. The first-order chi connectivity index (χ1) is 6.91. The molecule has 1 aromatic heterocycles. The Balaban J connectivity index is 2.77. The van der Waals surface area contributed by atoms with E-state index in [0.717, 1.165) is 6.07 Å². The van der Waals surface area contributed by atoms with Gasteiger partial charge < -0.3 is 0 Å². The first-order valence-electron chi connectivity index (χ1n) is 4.11. The highest BCUT2D eigenvalue weighted by Gasteiger charge is 2.33. The predicted molar refractivity (Wildman–Crippen MR) is 50.7 cm³/mol. The van der Waals surface area contributed by atoms with Crippen LogP contribution in [0.1, 0.15) is 11.1 Å². The van der Waals surface area contributed by atoms with Crippen molar-refractivity contribution in [3.8, 4) is 0 Å². The van der Waals surface area contributed by atoms with Crippen molar-refractivity contribution in [2.45, 2.75) is 13.1 Å². The quantitative estimate of drug-likeness (QED) is 0.683. The van der Waals surface area contributed by atoms with Crippen LogP contribution >= 0.6 is 11.8 Å². The summed E-state index contributed by atoms with van der Waals surface area (Å²) in [5.41, 5.74) is 0.173. The average molecular weight is 235 g/mol. The molecule has 2 nitrogen and oxygen atoms in total. The van der Waals surface area contributed by atoms with Crippen LogP contribution in [0.25, 0.3) is 11.0 Å². The third-order valence-corrected chi connectivity index (χ3v) is 2.50. The minimum Gasteiger partial charge on any atom is -0.241 e. The van der Waals surface area contributed by atoms with Crippen LogP contribution in [0.15, 0.2) is 18.5 Å². The van der Waals surface area contributed by atoms with E-state index in [0.29, 0.717) is 5.52 Å². The van der Waals surface area contributed by atoms with Gasteiger partial charge in [-0.25, -0.2) is 9.07 Å². The molecule has 0 aliphatic rings. The van der Waals surface area contributed by atoms with Crippen molar-refractivity contribution in [2.24, 2.45) is 0 Å². The number of fused-ring (bicyclic) bond motifs is 1. The molecule has 0 bridgehead atoms. The van der Waals surface area contributed by atoms with Gasteiger partial charge in [-0.1, -0.05) is 0 Å². The van der Waals surface area contributed by atoms with Gasteiger partial charge in [0.25, 0.3) is 0 Å². The molecule has 0 unspecified atom stereocenters. The molecule has 2 rings (SSSR count). The zero-order chi connectivity index (χ0) is 11.2. The Kier molecular flexibility index (Phi) is 2.15. The molecule has 0 amide bonds. The van der Waals surface area contributed by atoms with Crippen molar-refractivity contribution in [3.63, 3.8) is 0 Å². The molecule has 15 heavy (non-hydrogen) atoms. The SMILES string of the molecule is Cc1c(C(F)(F)F)ccc2c1ncn2Cl. The fourth-order valence-corrected chi connectivity index (χ4v) is 1.68. The lowest BCUT2D eigenvalue weighted by molar-refractivity contribution is -0.137. The summed E-state index contributed by atoms with van der Waals surface area (Å²) in [6.07, 6.45) is -3.08. The van der Waals surface area contributed by atoms with Crippen molar-refractivity contribution in [3.05, 3.63) is 29.6 Å². The summed E-state index contributed by atoms with van der Waals surface area (Å²) in [5, 5.41) is 0. The second-order valence-electron chi connectivity index (χ2n) is 3.16. The zero-order valence-electron chi connectivity index (χ0n) is 7.64. The molecule has 0 saturated carbocycles. The minimum absolute atomic E-state index is 0.0967. The lowest BCUT2D eigenvalue weighted by atomic mass is 10.1. The molecule has 0 atom stereocenters. The number of halogens is 4. The Morgan fingerprint density at radius 2 is 2.00 bits per heavy atom. The maximum Gasteiger partial charge on any atom is 0.416 e. The van der Waals surface area contributed by atoms with E-state index in [1.807, 2.05) is 0 Å². The smallest absolute Gasteiger partial charge is 0.241 e. The third-order valence-electron chi connectivity index (χ3n) is 2.23. The number of aryl methyl sites for hydroxylation is 1. The highest BCUT2D eigenvalue weighted by atomic mass is 35.5. The Hall–Kier alpha value is -1.23. The fourth-order valence-electron chi connectivity index (χ4n) is 1.50. The van der Waals surface area contributed by atoms with E-state index in [9.17, 15) is 13.2 Å². The summed E-state index contributed by atoms with van der Waals surface area (Å²) >= 11 is 5.68. The average Bonchev–Trinajstić information content (AvgIpc) is 2.47. The standard InChI is InChI=1S/C9H6ClF3N2/c1-5-6(9(11,12)13)2-3-7-8(5)14-4-15(7)10/h2-4H,1H3. The largest absolute Gasteiger partial charge is 0.416 e. The van der Waals surface area contributed by atoms with Gasteiger partial charge >= 0.3 is 6.18 Å². The Morgan fingerprint density at radius 3 is 2.60 bits per heavy atom. The van der Waals surface area contributed by atoms with Crippen molar-refractivity contribution in [2.75, 3.05) is 0 Å². The van der Waals surface area contributed by atoms with Crippen molar-refractivity contribution in [1.82, 2.24) is 9.07 Å². The molecule has 0 radical (unpaired) electrons. The lowest BCUT2D eigenvalue weighted by Gasteiger charge is -2.09. The molecule has 0 aliphatic carbocycles. The molecule has 0 saturated heterocycles. The monoisotopic (exact) mass is 234 g/mol. The fraction of sp³-hybridized carbons (Fsp3) is 0.222. The second-order valence-corrected chi connectivity index (χ2v) is 3.52. The molecule has 1 heterocycles. The maximum atomic E-state index is 12.5. The molecule has 0 fully saturated rings. The van der Waals surface area contributed by atoms with Crippen LogP contribution in [0.5, 0.6) is 0 Å². The van der Waals surface area contributed by atoms with Crippen LogP contribution in [0.3, 0.4) is 0 Å². The van der Waals surface area contributed by atoms with Gasteiger partial charge in [0.1, 0.15) is 6.33 Å². The van der Waals surface area contributed by atoms with Gasteiger partial charge in [-0.05, 0) is 24.6 Å². The van der Waals surface area contributed by atoms with Crippen LogP contribution in [-0.4, -0.2) is 9.07 Å². The van der Waals surface area contributed by atoms with Gasteiger partial charge in [0.2, 0.25) is 0 Å². The molecule has 0 spiro atoms. The molecule has 1 aromatic carbocycles. The number of alkyl halides is 3. The van der Waals surface area contributed by atoms with E-state index in [1.54, 1.807) is 0 Å². The third kappa shape index (κ3) is 1.56. The topological polar surface area (TPSA) is 17.8 Å². The molecular formula is C9H6ClF3N2. The number of rotatable bonds is 0. The maximum absolute atomic E-state index is 12.5. The van der Waals surface area contributed by atoms with Gasteiger partial charge in [0.15, 0.2) is 0 Å². The predicted octanol–water partition coefficient (Wildman–Crippen LogP) is 3.37. The van der Waals surface area contributed by atoms with E-state index in [2.05, 4.69) is 4.98 Å². The van der Waals surface area contributed by atoms with Gasteiger partial charge in [-0.15, -0.1) is 0 Å². The van der Waals surface area contributed by atoms with Gasteiger partial charge in [0.05, 0.1) is 16.6 Å². The van der Waals surface area contributed by atoms with Crippen LogP contribution in [-0.2, 0) is 6.18 Å². The Labute approximate surface area is 88.4 Å². The highest BCUT2D eigenvalue weighted by molar-refractivity contribution is 6.18. The summed E-state index contributed by atoms with van der Waals surface area (Å²) < 4.78 is 38.7. The zero-order valence-corrected chi connectivity index (χ0v) is 8.39. The summed E-state index contributed by atoms with van der Waals surface area (Å²) in [6.45, 7) is 1.38. The van der Waals surface area contributed by atoms with Crippen molar-refractivity contribution >= 4 is 22.8 Å². The van der Waals surface area contributed by atoms with Crippen LogP contribution < -0.4 is 0 Å². The number of aromatic nitrogens is 2. The molecule has 0 N–H and O–H groups in total. The van der Waals surface area contributed by atoms with E-state index in [-0.39, 0.29) is 11.1 Å². The van der Waals surface area contributed by atoms with E-state index < -0.39 is 11.7 Å². The number of hydrogen-bond donors (Lipinski definition) is 0. The molecule has 6 heteroatoms. The number of imidazole rings is 1. The van der Waals surface area contributed by atoms with Crippen LogP contribution in [0, 0.1) is 6.92 Å². The molecule has 2 aromatic rings. The summed E-state index contributed by atoms with van der Waals surface area (Å²) in [6, 6.07) is 2.32. The van der Waals surface area contributed by atoms with Gasteiger partial charge in [-0.3, -0.25) is 0 Å². The Bertz CT molecular complexity index is 516. The van der Waals surface area contributed by atoms with E-state index in [4.69, 9.17) is 11.8 Å². The summed E-state index contributed by atoms with van der Waals surface area (Å²) in [4.78, 5) is 3.82. The first-order valence-corrected chi connectivity index (χ1v) is 4.45. The van der Waals surface area contributed by atoms with E-state index in [1.165, 1.54) is 23.4 Å². The molecule has 80 valence electrons. The van der Waals surface area contributed by atoms with Crippen molar-refractivity contribution in [1.29, 1.82) is 0 Å². The first kappa shape index (κ1) is 10.3. The van der Waals surface area contributed by atoms with Gasteiger partial charge in [0, 0.05) is 11.8 Å². The van der Waals surface area contributed by atoms with Gasteiger partial charge in [-0.2, -0.15) is 13.2 Å². The van der Waals surface area contributed by atoms with Crippen LogP contribution in [0.2, 0.25) is 0 Å².